The molecule has 0 heterocycles. The van der Waals surface area contributed by atoms with Crippen LogP contribution in [0.1, 0.15) is 15.9 Å². The second kappa shape index (κ2) is 5.61. The lowest BCUT2D eigenvalue weighted by atomic mass is 10.0. The summed E-state index contributed by atoms with van der Waals surface area (Å²) < 4.78 is 14.1. The Bertz CT molecular complexity index is 696. The van der Waals surface area contributed by atoms with E-state index in [1.165, 1.54) is 12.1 Å². The number of nitrogens with two attached hydrogens (primary N) is 1. The van der Waals surface area contributed by atoms with Crippen LogP contribution in [0, 0.1) is 12.7 Å². The van der Waals surface area contributed by atoms with Crippen LogP contribution in [0.15, 0.2) is 46.6 Å². The topological polar surface area (TPSA) is 67.8 Å². The number of carbonyl (C=O) groups excluding carboxylic acids is 1. The summed E-state index contributed by atoms with van der Waals surface area (Å²) in [5, 5.41) is 7.73. The summed E-state index contributed by atoms with van der Waals surface area (Å²) >= 11 is 0. The lowest BCUT2D eigenvalue weighted by Gasteiger charge is -2.07. The number of rotatable bonds is 3. The van der Waals surface area contributed by atoms with E-state index in [0.717, 1.165) is 11.6 Å². The van der Waals surface area contributed by atoms with Gasteiger partial charge in [0.05, 0.1) is 5.69 Å². The molecule has 2 N–H and O–H groups in total. The van der Waals surface area contributed by atoms with Crippen LogP contribution < -0.4 is 5.73 Å². The van der Waals surface area contributed by atoms with E-state index in [2.05, 4.69) is 10.2 Å². The van der Waals surface area contributed by atoms with Crippen molar-refractivity contribution in [1.82, 2.24) is 0 Å². The number of hydrogen-bond acceptors (Lipinski definition) is 3. The first-order valence-electron chi connectivity index (χ1n) is 6.03. The predicted octanol–water partition coefficient (Wildman–Crippen LogP) is 3.61. The molecule has 2 aromatic carbocycles. The Morgan fingerprint density at radius 2 is 1.95 bits per heavy atom. The molecular formula is C15H14FN3O. The molecule has 0 aliphatic heterocycles. The van der Waals surface area contributed by atoms with Gasteiger partial charge in [-0.15, -0.1) is 0 Å². The van der Waals surface area contributed by atoms with E-state index in [1.54, 1.807) is 19.2 Å². The highest BCUT2D eigenvalue weighted by atomic mass is 19.1. The SMILES string of the molecule is CN=Nc1cc(-c2ccc(C(N)=O)cc2F)ccc1C. The van der Waals surface area contributed by atoms with Crippen LogP contribution in [-0.4, -0.2) is 13.0 Å². The highest BCUT2D eigenvalue weighted by Crippen LogP contribution is 2.29. The number of benzene rings is 2. The Morgan fingerprint density at radius 3 is 2.55 bits per heavy atom. The van der Waals surface area contributed by atoms with Crippen molar-refractivity contribution in [2.45, 2.75) is 6.92 Å². The molecule has 4 nitrogen and oxygen atoms in total. The molecule has 0 aliphatic carbocycles. The van der Waals surface area contributed by atoms with Crippen LogP contribution in [0.2, 0.25) is 0 Å². The molecule has 0 aromatic heterocycles. The number of amides is 1. The van der Waals surface area contributed by atoms with Gasteiger partial charge in [0.15, 0.2) is 0 Å². The molecule has 0 radical (unpaired) electrons. The van der Waals surface area contributed by atoms with E-state index in [-0.39, 0.29) is 5.56 Å². The zero-order valence-corrected chi connectivity index (χ0v) is 11.2. The van der Waals surface area contributed by atoms with Crippen molar-refractivity contribution in [3.8, 4) is 11.1 Å². The molecule has 2 aromatic rings. The Hall–Kier alpha value is -2.56. The number of azo groups is 1. The van der Waals surface area contributed by atoms with Crippen molar-refractivity contribution in [1.29, 1.82) is 0 Å². The summed E-state index contributed by atoms with van der Waals surface area (Å²) in [5.74, 6) is -1.15. The lowest BCUT2D eigenvalue weighted by Crippen LogP contribution is -2.11. The summed E-state index contributed by atoms with van der Waals surface area (Å²) in [5.41, 5.74) is 7.97. The van der Waals surface area contributed by atoms with E-state index < -0.39 is 11.7 Å². The van der Waals surface area contributed by atoms with Gasteiger partial charge in [0, 0.05) is 18.2 Å². The largest absolute Gasteiger partial charge is 0.366 e. The molecule has 0 aliphatic rings. The average molecular weight is 271 g/mol. The molecule has 0 bridgehead atoms. The maximum Gasteiger partial charge on any atom is 0.248 e. The molecule has 0 saturated carbocycles. The monoisotopic (exact) mass is 271 g/mol. The summed E-state index contributed by atoms with van der Waals surface area (Å²) in [6.07, 6.45) is 0. The fourth-order valence-electron chi connectivity index (χ4n) is 1.89. The number of primary amides is 1. The Kier molecular flexibility index (Phi) is 3.89. The average Bonchev–Trinajstić information content (AvgIpc) is 2.41. The first-order valence-corrected chi connectivity index (χ1v) is 6.03. The Morgan fingerprint density at radius 1 is 1.20 bits per heavy atom. The summed E-state index contributed by atoms with van der Waals surface area (Å²) in [6, 6.07) is 9.57. The van der Waals surface area contributed by atoms with Crippen LogP contribution in [0.4, 0.5) is 10.1 Å². The molecule has 0 saturated heterocycles. The normalized spacial score (nSPS) is 10.9. The molecule has 20 heavy (non-hydrogen) atoms. The zero-order chi connectivity index (χ0) is 14.7. The fourth-order valence-corrected chi connectivity index (χ4v) is 1.89. The first-order chi connectivity index (χ1) is 9.52. The zero-order valence-electron chi connectivity index (χ0n) is 11.2. The van der Waals surface area contributed by atoms with Gasteiger partial charge >= 0.3 is 0 Å². The molecule has 2 rings (SSSR count). The standard InChI is InChI=1S/C15H14FN3O/c1-9-3-4-10(8-14(9)19-18-2)12-6-5-11(15(17)20)7-13(12)16/h3-8H,1-2H3,(H2,17,20). The Balaban J connectivity index is 2.51. The van der Waals surface area contributed by atoms with Crippen molar-refractivity contribution in [2.24, 2.45) is 16.0 Å². The summed E-state index contributed by atoms with van der Waals surface area (Å²) in [7, 11) is 1.58. The predicted molar refractivity (Wildman–Crippen MR) is 75.5 cm³/mol. The highest BCUT2D eigenvalue weighted by molar-refractivity contribution is 5.93. The number of nitrogens with zero attached hydrogens (tertiary/aromatic N) is 2. The van der Waals surface area contributed by atoms with E-state index in [1.807, 2.05) is 13.0 Å². The smallest absolute Gasteiger partial charge is 0.248 e. The van der Waals surface area contributed by atoms with Gasteiger partial charge in [-0.25, -0.2) is 4.39 Å². The highest BCUT2D eigenvalue weighted by Gasteiger charge is 2.10. The van der Waals surface area contributed by atoms with E-state index in [0.29, 0.717) is 16.8 Å². The van der Waals surface area contributed by atoms with Crippen molar-refractivity contribution >= 4 is 11.6 Å². The summed E-state index contributed by atoms with van der Waals surface area (Å²) in [4.78, 5) is 11.0. The van der Waals surface area contributed by atoms with Gasteiger partial charge in [-0.2, -0.15) is 10.2 Å². The fraction of sp³-hybridized carbons (Fsp3) is 0.133. The molecule has 0 unspecified atom stereocenters. The van der Waals surface area contributed by atoms with E-state index in [9.17, 15) is 9.18 Å². The molecule has 0 atom stereocenters. The van der Waals surface area contributed by atoms with Gasteiger partial charge in [0.2, 0.25) is 5.91 Å². The van der Waals surface area contributed by atoms with Gasteiger partial charge in [-0.3, -0.25) is 4.79 Å². The van der Waals surface area contributed by atoms with Crippen LogP contribution in [0.5, 0.6) is 0 Å². The van der Waals surface area contributed by atoms with Crippen molar-refractivity contribution < 1.29 is 9.18 Å². The lowest BCUT2D eigenvalue weighted by molar-refractivity contribution is 0.1000. The molecule has 0 spiro atoms. The molecular weight excluding hydrogens is 257 g/mol. The minimum atomic E-state index is -0.653. The third kappa shape index (κ3) is 2.71. The van der Waals surface area contributed by atoms with E-state index >= 15 is 0 Å². The minimum absolute atomic E-state index is 0.145. The number of hydrogen-bond donors (Lipinski definition) is 1. The number of aryl methyl sites for hydroxylation is 1. The second-order valence-corrected chi connectivity index (χ2v) is 4.36. The summed E-state index contributed by atoms with van der Waals surface area (Å²) in [6.45, 7) is 1.90. The van der Waals surface area contributed by atoms with Gasteiger partial charge in [0.1, 0.15) is 5.82 Å². The van der Waals surface area contributed by atoms with Gasteiger partial charge in [-0.05, 0) is 36.2 Å². The molecule has 0 fully saturated rings. The van der Waals surface area contributed by atoms with Crippen molar-refractivity contribution in [2.75, 3.05) is 7.05 Å². The van der Waals surface area contributed by atoms with Crippen LogP contribution >= 0.6 is 0 Å². The van der Waals surface area contributed by atoms with E-state index in [4.69, 9.17) is 5.73 Å². The third-order valence-electron chi connectivity index (χ3n) is 2.98. The molecule has 1 amide bonds. The quantitative estimate of drug-likeness (QED) is 0.851. The number of carbonyl (C=O) groups is 1. The molecule has 102 valence electrons. The van der Waals surface area contributed by atoms with Crippen LogP contribution in [0.3, 0.4) is 0 Å². The maximum atomic E-state index is 14.1. The third-order valence-corrected chi connectivity index (χ3v) is 2.98. The maximum absolute atomic E-state index is 14.1. The molecule has 5 heteroatoms. The van der Waals surface area contributed by atoms with Crippen molar-refractivity contribution in [3.63, 3.8) is 0 Å². The number of halogens is 1. The van der Waals surface area contributed by atoms with Crippen LogP contribution in [0.25, 0.3) is 11.1 Å². The van der Waals surface area contributed by atoms with Gasteiger partial charge in [-0.1, -0.05) is 18.2 Å². The Labute approximate surface area is 116 Å². The first kappa shape index (κ1) is 13.9. The van der Waals surface area contributed by atoms with Crippen LogP contribution in [-0.2, 0) is 0 Å². The van der Waals surface area contributed by atoms with Crippen molar-refractivity contribution in [3.05, 3.63) is 53.3 Å². The van der Waals surface area contributed by atoms with Gasteiger partial charge in [0.25, 0.3) is 0 Å². The minimum Gasteiger partial charge on any atom is -0.366 e. The van der Waals surface area contributed by atoms with Gasteiger partial charge < -0.3 is 5.73 Å². The second-order valence-electron chi connectivity index (χ2n) is 4.36.